The van der Waals surface area contributed by atoms with Crippen molar-refractivity contribution in [2.75, 3.05) is 39.3 Å². The summed E-state index contributed by atoms with van der Waals surface area (Å²) in [5.41, 5.74) is 0. The van der Waals surface area contributed by atoms with Crippen LogP contribution >= 0.6 is 0 Å². The van der Waals surface area contributed by atoms with Gasteiger partial charge in [-0.1, -0.05) is 6.92 Å². The van der Waals surface area contributed by atoms with Gasteiger partial charge in [-0.15, -0.1) is 0 Å². The molecule has 1 aliphatic heterocycles. The zero-order chi connectivity index (χ0) is 12.7. The summed E-state index contributed by atoms with van der Waals surface area (Å²) in [5.74, 6) is 1.15. The molecule has 17 heavy (non-hydrogen) atoms. The summed E-state index contributed by atoms with van der Waals surface area (Å²) < 4.78 is 0. The van der Waals surface area contributed by atoms with Gasteiger partial charge in [-0.25, -0.2) is 0 Å². The van der Waals surface area contributed by atoms with Crippen molar-refractivity contribution in [3.05, 3.63) is 0 Å². The molecular formula is C12H24N4O. The number of carbonyl (C=O) groups excluding carboxylic acids is 1. The average molecular weight is 240 g/mol. The van der Waals surface area contributed by atoms with E-state index in [4.69, 9.17) is 0 Å². The maximum atomic E-state index is 11.2. The number of amides is 1. The second kappa shape index (κ2) is 7.14. The molecule has 0 aromatic rings. The Morgan fingerprint density at radius 1 is 1.18 bits per heavy atom. The smallest absolute Gasteiger partial charge is 0.219 e. The van der Waals surface area contributed by atoms with Crippen LogP contribution in [0.5, 0.6) is 0 Å². The quantitative estimate of drug-likeness (QED) is 0.578. The van der Waals surface area contributed by atoms with E-state index >= 15 is 0 Å². The predicted molar refractivity (Wildman–Crippen MR) is 70.1 cm³/mol. The summed E-state index contributed by atoms with van der Waals surface area (Å²) in [5, 5.41) is 3.30. The first-order chi connectivity index (χ1) is 8.19. The number of hydrogen-bond donors (Lipinski definition) is 1. The first-order valence-electron chi connectivity index (χ1n) is 6.47. The first kappa shape index (κ1) is 13.8. The summed E-state index contributed by atoms with van der Waals surface area (Å²) in [7, 11) is 0. The standard InChI is InChI=1S/C12H24N4O/c1-4-6-14-12(13-5-2)16-9-7-15(8-10-16)11(3)17/h4-10H2,1-3H3,(H,13,14). The van der Waals surface area contributed by atoms with Crippen molar-refractivity contribution >= 4 is 11.9 Å². The van der Waals surface area contributed by atoms with E-state index in [1.54, 1.807) is 6.92 Å². The Morgan fingerprint density at radius 2 is 1.76 bits per heavy atom. The highest BCUT2D eigenvalue weighted by Gasteiger charge is 2.20. The van der Waals surface area contributed by atoms with Gasteiger partial charge in [-0.3, -0.25) is 9.79 Å². The lowest BCUT2D eigenvalue weighted by Crippen LogP contribution is -2.53. The van der Waals surface area contributed by atoms with E-state index in [0.29, 0.717) is 0 Å². The molecule has 0 spiro atoms. The van der Waals surface area contributed by atoms with Crippen molar-refractivity contribution in [1.82, 2.24) is 15.1 Å². The molecule has 0 atom stereocenters. The third-order valence-corrected chi connectivity index (χ3v) is 2.84. The molecule has 0 aliphatic carbocycles. The van der Waals surface area contributed by atoms with Crippen LogP contribution < -0.4 is 5.32 Å². The Labute approximate surface area is 104 Å². The summed E-state index contributed by atoms with van der Waals surface area (Å²) >= 11 is 0. The van der Waals surface area contributed by atoms with Crippen LogP contribution in [0.3, 0.4) is 0 Å². The summed E-state index contributed by atoms with van der Waals surface area (Å²) in [4.78, 5) is 19.9. The van der Waals surface area contributed by atoms with Gasteiger partial charge in [-0.05, 0) is 13.3 Å². The highest BCUT2D eigenvalue weighted by atomic mass is 16.2. The van der Waals surface area contributed by atoms with E-state index in [0.717, 1.165) is 51.6 Å². The van der Waals surface area contributed by atoms with Crippen LogP contribution in [0.15, 0.2) is 4.99 Å². The maximum Gasteiger partial charge on any atom is 0.219 e. The first-order valence-corrected chi connectivity index (χ1v) is 6.47. The molecule has 0 radical (unpaired) electrons. The topological polar surface area (TPSA) is 47.9 Å². The van der Waals surface area contributed by atoms with Gasteiger partial charge in [0, 0.05) is 46.2 Å². The highest BCUT2D eigenvalue weighted by Crippen LogP contribution is 2.02. The van der Waals surface area contributed by atoms with Crippen molar-refractivity contribution in [2.45, 2.75) is 27.2 Å². The fourth-order valence-electron chi connectivity index (χ4n) is 1.88. The number of nitrogens with zero attached hydrogens (tertiary/aromatic N) is 3. The lowest BCUT2D eigenvalue weighted by molar-refractivity contribution is -0.130. The molecule has 1 aliphatic rings. The van der Waals surface area contributed by atoms with Crippen LogP contribution in [0.4, 0.5) is 0 Å². The third-order valence-electron chi connectivity index (χ3n) is 2.84. The lowest BCUT2D eigenvalue weighted by atomic mass is 10.3. The van der Waals surface area contributed by atoms with E-state index in [2.05, 4.69) is 29.1 Å². The predicted octanol–water partition coefficient (Wildman–Crippen LogP) is 0.526. The monoisotopic (exact) mass is 240 g/mol. The number of nitrogens with one attached hydrogen (secondary N) is 1. The minimum atomic E-state index is 0.167. The summed E-state index contributed by atoms with van der Waals surface area (Å²) in [6.07, 6.45) is 1.06. The second-order valence-corrected chi connectivity index (χ2v) is 4.23. The number of aliphatic imine (C=N–C) groups is 1. The van der Waals surface area contributed by atoms with Crippen LogP contribution in [0.2, 0.25) is 0 Å². The van der Waals surface area contributed by atoms with E-state index in [9.17, 15) is 4.79 Å². The zero-order valence-corrected chi connectivity index (χ0v) is 11.2. The molecule has 5 heteroatoms. The summed E-state index contributed by atoms with van der Waals surface area (Å²) in [6.45, 7) is 10.9. The summed E-state index contributed by atoms with van der Waals surface area (Å²) in [6, 6.07) is 0. The molecule has 1 fully saturated rings. The zero-order valence-electron chi connectivity index (χ0n) is 11.2. The van der Waals surface area contributed by atoms with Crippen LogP contribution in [0, 0.1) is 0 Å². The van der Waals surface area contributed by atoms with E-state index < -0.39 is 0 Å². The van der Waals surface area contributed by atoms with Gasteiger partial charge in [0.15, 0.2) is 5.96 Å². The van der Waals surface area contributed by atoms with Crippen molar-refractivity contribution in [3.8, 4) is 0 Å². The molecule has 1 N–H and O–H groups in total. The van der Waals surface area contributed by atoms with Gasteiger partial charge in [0.2, 0.25) is 5.91 Å². The van der Waals surface area contributed by atoms with Crippen LogP contribution in [0.25, 0.3) is 0 Å². The van der Waals surface area contributed by atoms with Gasteiger partial charge in [0.1, 0.15) is 0 Å². The average Bonchev–Trinajstić information content (AvgIpc) is 2.34. The minimum Gasteiger partial charge on any atom is -0.357 e. The normalized spacial score (nSPS) is 17.2. The Hall–Kier alpha value is -1.26. The van der Waals surface area contributed by atoms with Gasteiger partial charge < -0.3 is 15.1 Å². The fraction of sp³-hybridized carbons (Fsp3) is 0.833. The van der Waals surface area contributed by atoms with Crippen molar-refractivity contribution in [3.63, 3.8) is 0 Å². The molecular weight excluding hydrogens is 216 g/mol. The van der Waals surface area contributed by atoms with E-state index in [1.807, 2.05) is 4.90 Å². The van der Waals surface area contributed by atoms with Gasteiger partial charge >= 0.3 is 0 Å². The van der Waals surface area contributed by atoms with Crippen molar-refractivity contribution < 1.29 is 4.79 Å². The van der Waals surface area contributed by atoms with E-state index in [-0.39, 0.29) is 5.91 Å². The van der Waals surface area contributed by atoms with Crippen molar-refractivity contribution in [1.29, 1.82) is 0 Å². The van der Waals surface area contributed by atoms with Gasteiger partial charge in [0.05, 0.1) is 0 Å². The molecule has 0 aromatic carbocycles. The maximum absolute atomic E-state index is 11.2. The van der Waals surface area contributed by atoms with Crippen LogP contribution in [-0.4, -0.2) is 60.9 Å². The number of guanidine groups is 1. The van der Waals surface area contributed by atoms with E-state index in [1.165, 1.54) is 0 Å². The molecule has 0 saturated carbocycles. The van der Waals surface area contributed by atoms with Crippen LogP contribution in [0.1, 0.15) is 27.2 Å². The fourth-order valence-corrected chi connectivity index (χ4v) is 1.88. The Balaban J connectivity index is 2.51. The molecule has 1 saturated heterocycles. The molecule has 0 unspecified atom stereocenters. The second-order valence-electron chi connectivity index (χ2n) is 4.23. The Kier molecular flexibility index (Phi) is 5.80. The van der Waals surface area contributed by atoms with Crippen molar-refractivity contribution in [2.24, 2.45) is 4.99 Å². The molecule has 98 valence electrons. The molecule has 1 heterocycles. The van der Waals surface area contributed by atoms with Gasteiger partial charge in [0.25, 0.3) is 0 Å². The molecule has 0 aromatic heterocycles. The number of carbonyl (C=O) groups is 1. The molecule has 1 rings (SSSR count). The number of hydrogen-bond acceptors (Lipinski definition) is 2. The van der Waals surface area contributed by atoms with Crippen LogP contribution in [-0.2, 0) is 4.79 Å². The SMILES string of the molecule is CCCN=C(NCC)N1CCN(C(C)=O)CC1. The minimum absolute atomic E-state index is 0.167. The highest BCUT2D eigenvalue weighted by molar-refractivity contribution is 5.80. The molecule has 5 nitrogen and oxygen atoms in total. The molecule has 1 amide bonds. The largest absolute Gasteiger partial charge is 0.357 e. The Morgan fingerprint density at radius 3 is 2.24 bits per heavy atom. The molecule has 0 bridgehead atoms. The van der Waals surface area contributed by atoms with Gasteiger partial charge in [-0.2, -0.15) is 0 Å². The number of rotatable bonds is 3. The number of piperazine rings is 1. The lowest BCUT2D eigenvalue weighted by Gasteiger charge is -2.36. The third kappa shape index (κ3) is 4.24. The Bertz CT molecular complexity index is 270.